The van der Waals surface area contributed by atoms with Gasteiger partial charge < -0.3 is 19.9 Å². The van der Waals surface area contributed by atoms with Crippen molar-refractivity contribution in [3.63, 3.8) is 0 Å². The van der Waals surface area contributed by atoms with Crippen LogP contribution in [0.25, 0.3) is 6.08 Å². The Morgan fingerprint density at radius 2 is 1.77 bits per heavy atom. The van der Waals surface area contributed by atoms with Gasteiger partial charge in [0, 0.05) is 49.7 Å². The largest absolute Gasteiger partial charge is 0.444 e. The summed E-state index contributed by atoms with van der Waals surface area (Å²) < 4.78 is 6.09. The molecule has 0 bridgehead atoms. The van der Waals surface area contributed by atoms with Gasteiger partial charge in [0.2, 0.25) is 11.8 Å². The quantitative estimate of drug-likeness (QED) is 0.655. The van der Waals surface area contributed by atoms with Crippen molar-refractivity contribution in [2.75, 3.05) is 32.7 Å². The normalized spacial score (nSPS) is 15.1. The lowest BCUT2D eigenvalue weighted by atomic mass is 10.2. The van der Waals surface area contributed by atoms with E-state index in [0.29, 0.717) is 26.2 Å². The summed E-state index contributed by atoms with van der Waals surface area (Å²) in [5, 5.41) is 2.60. The summed E-state index contributed by atoms with van der Waals surface area (Å²) in [6.45, 7) is 7.77. The van der Waals surface area contributed by atoms with Crippen LogP contribution in [0, 0.1) is 0 Å². The molecule has 1 aromatic rings. The SMILES string of the molecule is CC(C)(C)OC(=O)NCCC(=O)N1CCCN(C(=O)/C=C/c2ccccc2Br)CC1. The van der Waals surface area contributed by atoms with Crippen molar-refractivity contribution < 1.29 is 19.1 Å². The number of hydrogen-bond donors (Lipinski definition) is 1. The third kappa shape index (κ3) is 8.18. The lowest BCUT2D eigenvalue weighted by Crippen LogP contribution is -2.39. The molecule has 1 heterocycles. The molecule has 0 spiro atoms. The number of benzene rings is 1. The van der Waals surface area contributed by atoms with Crippen molar-refractivity contribution in [1.82, 2.24) is 15.1 Å². The average Bonchev–Trinajstić information content (AvgIpc) is 2.92. The topological polar surface area (TPSA) is 79.0 Å². The third-order valence-electron chi connectivity index (χ3n) is 4.48. The highest BCUT2D eigenvalue weighted by molar-refractivity contribution is 9.10. The molecular formula is C22H30BrN3O4. The minimum Gasteiger partial charge on any atom is -0.444 e. The van der Waals surface area contributed by atoms with Gasteiger partial charge in [-0.25, -0.2) is 4.79 Å². The Hall–Kier alpha value is -2.35. The molecule has 0 aromatic heterocycles. The summed E-state index contributed by atoms with van der Waals surface area (Å²) in [7, 11) is 0. The van der Waals surface area contributed by atoms with Crippen molar-refractivity contribution in [3.8, 4) is 0 Å². The molecule has 8 heteroatoms. The van der Waals surface area contributed by atoms with Gasteiger partial charge in [-0.2, -0.15) is 0 Å². The predicted octanol–water partition coefficient (Wildman–Crippen LogP) is 3.44. The van der Waals surface area contributed by atoms with Crippen LogP contribution < -0.4 is 5.32 Å². The number of amides is 3. The van der Waals surface area contributed by atoms with Crippen LogP contribution in [0.4, 0.5) is 4.79 Å². The van der Waals surface area contributed by atoms with Crippen LogP contribution in [0.3, 0.4) is 0 Å². The van der Waals surface area contributed by atoms with Gasteiger partial charge >= 0.3 is 6.09 Å². The summed E-state index contributed by atoms with van der Waals surface area (Å²) in [6.07, 6.45) is 3.76. The molecule has 0 aliphatic carbocycles. The minimum atomic E-state index is -0.570. The average molecular weight is 480 g/mol. The lowest BCUT2D eigenvalue weighted by Gasteiger charge is -2.22. The second kappa shape index (κ2) is 11.2. The van der Waals surface area contributed by atoms with Gasteiger partial charge in [-0.1, -0.05) is 34.1 Å². The van der Waals surface area contributed by atoms with E-state index in [2.05, 4.69) is 21.2 Å². The van der Waals surface area contributed by atoms with Gasteiger partial charge in [-0.3, -0.25) is 9.59 Å². The zero-order valence-electron chi connectivity index (χ0n) is 17.8. The highest BCUT2D eigenvalue weighted by Gasteiger charge is 2.21. The predicted molar refractivity (Wildman–Crippen MR) is 120 cm³/mol. The van der Waals surface area contributed by atoms with Crippen LogP contribution in [-0.2, 0) is 14.3 Å². The number of halogens is 1. The van der Waals surface area contributed by atoms with Gasteiger partial charge in [0.05, 0.1) is 0 Å². The molecule has 1 N–H and O–H groups in total. The van der Waals surface area contributed by atoms with Crippen LogP contribution in [-0.4, -0.2) is 66.0 Å². The van der Waals surface area contributed by atoms with E-state index >= 15 is 0 Å². The number of nitrogens with zero attached hydrogens (tertiary/aromatic N) is 2. The fourth-order valence-electron chi connectivity index (χ4n) is 3.01. The number of rotatable bonds is 5. The zero-order valence-corrected chi connectivity index (χ0v) is 19.4. The summed E-state index contributed by atoms with van der Waals surface area (Å²) in [4.78, 5) is 40.2. The zero-order chi connectivity index (χ0) is 22.1. The molecular weight excluding hydrogens is 450 g/mol. The molecule has 30 heavy (non-hydrogen) atoms. The third-order valence-corrected chi connectivity index (χ3v) is 5.20. The van der Waals surface area contributed by atoms with E-state index in [1.54, 1.807) is 42.7 Å². The first-order valence-electron chi connectivity index (χ1n) is 10.1. The van der Waals surface area contributed by atoms with E-state index in [1.165, 1.54) is 0 Å². The number of ether oxygens (including phenoxy) is 1. The van der Waals surface area contributed by atoms with Gasteiger partial charge in [-0.15, -0.1) is 0 Å². The standard InChI is InChI=1S/C22H30BrN3O4/c1-22(2,3)30-21(29)24-12-11-20(28)26-14-6-13-25(15-16-26)19(27)10-9-17-7-4-5-8-18(17)23/h4-5,7-10H,6,11-16H2,1-3H3,(H,24,29)/b10-9+. The number of hydrogen-bond acceptors (Lipinski definition) is 4. The summed E-state index contributed by atoms with van der Waals surface area (Å²) in [5.74, 6) is -0.101. The maximum atomic E-state index is 12.5. The van der Waals surface area contributed by atoms with E-state index < -0.39 is 11.7 Å². The molecule has 1 aliphatic heterocycles. The molecule has 1 fully saturated rings. The van der Waals surface area contributed by atoms with Gasteiger partial charge in [0.15, 0.2) is 0 Å². The molecule has 0 saturated carbocycles. The molecule has 2 rings (SSSR count). The van der Waals surface area contributed by atoms with Crippen LogP contribution >= 0.6 is 15.9 Å². The van der Waals surface area contributed by atoms with Crippen molar-refractivity contribution in [2.45, 2.75) is 39.2 Å². The van der Waals surface area contributed by atoms with Crippen LogP contribution in [0.2, 0.25) is 0 Å². The molecule has 0 atom stereocenters. The van der Waals surface area contributed by atoms with Crippen molar-refractivity contribution in [2.24, 2.45) is 0 Å². The minimum absolute atomic E-state index is 0.0379. The number of nitrogens with one attached hydrogen (secondary N) is 1. The summed E-state index contributed by atoms with van der Waals surface area (Å²) in [5.41, 5.74) is 0.370. The number of carbonyl (C=O) groups excluding carboxylic acids is 3. The summed E-state index contributed by atoms with van der Waals surface area (Å²) in [6, 6.07) is 7.70. The molecule has 1 saturated heterocycles. The molecule has 1 aromatic carbocycles. The molecule has 0 unspecified atom stereocenters. The Morgan fingerprint density at radius 1 is 1.10 bits per heavy atom. The van der Waals surface area contributed by atoms with Crippen molar-refractivity contribution >= 4 is 39.9 Å². The van der Waals surface area contributed by atoms with Crippen molar-refractivity contribution in [1.29, 1.82) is 0 Å². The van der Waals surface area contributed by atoms with E-state index in [4.69, 9.17) is 4.74 Å². The van der Waals surface area contributed by atoms with E-state index in [9.17, 15) is 14.4 Å². The second-order valence-corrected chi connectivity index (χ2v) is 8.95. The smallest absolute Gasteiger partial charge is 0.407 e. The van der Waals surface area contributed by atoms with Crippen LogP contribution in [0.15, 0.2) is 34.8 Å². The molecule has 7 nitrogen and oxygen atoms in total. The Balaban J connectivity index is 1.78. The van der Waals surface area contributed by atoms with Gasteiger partial charge in [0.25, 0.3) is 0 Å². The van der Waals surface area contributed by atoms with Crippen LogP contribution in [0.1, 0.15) is 39.2 Å². The maximum Gasteiger partial charge on any atom is 0.407 e. The second-order valence-electron chi connectivity index (χ2n) is 8.09. The van der Waals surface area contributed by atoms with E-state index in [1.807, 2.05) is 24.3 Å². The van der Waals surface area contributed by atoms with E-state index in [0.717, 1.165) is 16.5 Å². The monoisotopic (exact) mass is 479 g/mol. The van der Waals surface area contributed by atoms with Crippen LogP contribution in [0.5, 0.6) is 0 Å². The fraction of sp³-hybridized carbons (Fsp3) is 0.500. The fourth-order valence-corrected chi connectivity index (χ4v) is 3.42. The number of carbonyl (C=O) groups is 3. The maximum absolute atomic E-state index is 12.5. The first kappa shape index (κ1) is 23.9. The highest BCUT2D eigenvalue weighted by atomic mass is 79.9. The van der Waals surface area contributed by atoms with Gasteiger partial charge in [-0.05, 0) is 44.9 Å². The molecule has 3 amide bonds. The molecule has 1 aliphatic rings. The first-order valence-corrected chi connectivity index (χ1v) is 10.9. The molecule has 0 radical (unpaired) electrons. The Kier molecular flexibility index (Phi) is 8.89. The molecule has 164 valence electrons. The summed E-state index contributed by atoms with van der Waals surface area (Å²) >= 11 is 3.47. The van der Waals surface area contributed by atoms with Crippen molar-refractivity contribution in [3.05, 3.63) is 40.4 Å². The lowest BCUT2D eigenvalue weighted by molar-refractivity contribution is -0.131. The first-order chi connectivity index (χ1) is 14.2. The Morgan fingerprint density at radius 3 is 2.47 bits per heavy atom. The number of alkyl carbamates (subject to hydrolysis) is 1. The van der Waals surface area contributed by atoms with Gasteiger partial charge in [0.1, 0.15) is 5.60 Å². The van der Waals surface area contributed by atoms with E-state index in [-0.39, 0.29) is 24.8 Å². The Labute approximate surface area is 186 Å². The Bertz CT molecular complexity index is 789. The highest BCUT2D eigenvalue weighted by Crippen LogP contribution is 2.17.